The van der Waals surface area contributed by atoms with Gasteiger partial charge in [0.15, 0.2) is 5.88 Å². The monoisotopic (exact) mass is 181 g/mol. The Hall–Kier alpha value is -1.25. The zero-order valence-corrected chi connectivity index (χ0v) is 8.12. The maximum absolute atomic E-state index is 11.4. The summed E-state index contributed by atoms with van der Waals surface area (Å²) in [6.45, 7) is 11.8. The SMILES string of the molecule is C=CC(=O)N1C(=C)OCC1C(C)C. The predicted octanol–water partition coefficient (Wildman–Crippen LogP) is 1.53. The molecule has 0 aromatic carbocycles. The quantitative estimate of drug-likeness (QED) is 0.604. The second-order valence-electron chi connectivity index (χ2n) is 3.43. The molecule has 13 heavy (non-hydrogen) atoms. The Morgan fingerprint density at radius 1 is 1.77 bits per heavy atom. The van der Waals surface area contributed by atoms with Crippen molar-refractivity contribution in [3.8, 4) is 0 Å². The van der Waals surface area contributed by atoms with Crippen molar-refractivity contribution in [3.63, 3.8) is 0 Å². The molecule has 1 saturated heterocycles. The van der Waals surface area contributed by atoms with Crippen LogP contribution in [0, 0.1) is 5.92 Å². The third-order valence-electron chi connectivity index (χ3n) is 2.20. The van der Waals surface area contributed by atoms with Crippen molar-refractivity contribution in [2.24, 2.45) is 5.92 Å². The lowest BCUT2D eigenvalue weighted by Gasteiger charge is -2.23. The first-order chi connectivity index (χ1) is 6.07. The Labute approximate surface area is 78.7 Å². The van der Waals surface area contributed by atoms with Crippen LogP contribution >= 0.6 is 0 Å². The molecule has 0 N–H and O–H groups in total. The first kappa shape index (κ1) is 9.84. The molecular weight excluding hydrogens is 166 g/mol. The number of ether oxygens (including phenoxy) is 1. The average molecular weight is 181 g/mol. The third-order valence-corrected chi connectivity index (χ3v) is 2.20. The number of hydrogen-bond acceptors (Lipinski definition) is 2. The molecule has 1 rings (SSSR count). The van der Waals surface area contributed by atoms with Crippen LogP contribution < -0.4 is 0 Å². The summed E-state index contributed by atoms with van der Waals surface area (Å²) in [6, 6.07) is 0.0954. The normalized spacial score (nSPS) is 21.9. The molecule has 3 heteroatoms. The Morgan fingerprint density at radius 3 is 2.85 bits per heavy atom. The fourth-order valence-corrected chi connectivity index (χ4v) is 1.39. The molecule has 72 valence electrons. The molecule has 0 bridgehead atoms. The lowest BCUT2D eigenvalue weighted by atomic mass is 10.0. The molecule has 1 heterocycles. The van der Waals surface area contributed by atoms with Crippen LogP contribution in [0.2, 0.25) is 0 Å². The third kappa shape index (κ3) is 1.74. The van der Waals surface area contributed by atoms with Gasteiger partial charge in [0.05, 0.1) is 6.04 Å². The summed E-state index contributed by atoms with van der Waals surface area (Å²) in [5.74, 6) is 0.660. The van der Waals surface area contributed by atoms with E-state index in [1.165, 1.54) is 6.08 Å². The van der Waals surface area contributed by atoms with Gasteiger partial charge in [-0.2, -0.15) is 0 Å². The molecule has 0 aromatic rings. The molecule has 0 radical (unpaired) electrons. The van der Waals surface area contributed by atoms with Crippen molar-refractivity contribution >= 4 is 5.91 Å². The van der Waals surface area contributed by atoms with Crippen LogP contribution in [0.25, 0.3) is 0 Å². The molecule has 1 atom stereocenters. The number of carbonyl (C=O) groups excluding carboxylic acids is 1. The Kier molecular flexibility index (Phi) is 2.76. The van der Waals surface area contributed by atoms with E-state index in [0.29, 0.717) is 18.4 Å². The summed E-state index contributed by atoms with van der Waals surface area (Å²) in [5, 5.41) is 0. The number of amides is 1. The summed E-state index contributed by atoms with van der Waals surface area (Å²) in [5.41, 5.74) is 0. The van der Waals surface area contributed by atoms with Gasteiger partial charge in [0.2, 0.25) is 0 Å². The van der Waals surface area contributed by atoms with Crippen LogP contribution in [0.4, 0.5) is 0 Å². The van der Waals surface area contributed by atoms with Gasteiger partial charge in [-0.3, -0.25) is 9.69 Å². The maximum Gasteiger partial charge on any atom is 0.253 e. The highest BCUT2D eigenvalue weighted by atomic mass is 16.5. The van der Waals surface area contributed by atoms with Gasteiger partial charge in [0, 0.05) is 0 Å². The summed E-state index contributed by atoms with van der Waals surface area (Å²) >= 11 is 0. The van der Waals surface area contributed by atoms with Crippen LogP contribution in [-0.2, 0) is 9.53 Å². The van der Waals surface area contributed by atoms with E-state index >= 15 is 0 Å². The Balaban J connectivity index is 2.82. The van der Waals surface area contributed by atoms with E-state index in [4.69, 9.17) is 4.74 Å². The molecule has 1 fully saturated rings. The van der Waals surface area contributed by atoms with Crippen LogP contribution in [-0.4, -0.2) is 23.5 Å². The fraction of sp³-hybridized carbons (Fsp3) is 0.500. The number of hydrogen-bond donors (Lipinski definition) is 0. The number of carbonyl (C=O) groups is 1. The fourth-order valence-electron chi connectivity index (χ4n) is 1.39. The number of nitrogens with zero attached hydrogens (tertiary/aromatic N) is 1. The van der Waals surface area contributed by atoms with Gasteiger partial charge in [-0.25, -0.2) is 0 Å². The topological polar surface area (TPSA) is 29.5 Å². The average Bonchev–Trinajstić information content (AvgIpc) is 2.46. The first-order valence-electron chi connectivity index (χ1n) is 4.35. The Morgan fingerprint density at radius 2 is 2.38 bits per heavy atom. The molecule has 1 aliphatic rings. The van der Waals surface area contributed by atoms with E-state index in [-0.39, 0.29) is 11.9 Å². The van der Waals surface area contributed by atoms with E-state index in [0.717, 1.165) is 0 Å². The van der Waals surface area contributed by atoms with E-state index in [9.17, 15) is 4.79 Å². The zero-order valence-electron chi connectivity index (χ0n) is 8.12. The van der Waals surface area contributed by atoms with Gasteiger partial charge in [0.25, 0.3) is 5.91 Å². The first-order valence-corrected chi connectivity index (χ1v) is 4.35. The van der Waals surface area contributed by atoms with Crippen molar-refractivity contribution in [1.29, 1.82) is 0 Å². The van der Waals surface area contributed by atoms with Crippen molar-refractivity contribution in [1.82, 2.24) is 4.90 Å². The second-order valence-corrected chi connectivity index (χ2v) is 3.43. The molecule has 0 saturated carbocycles. The van der Waals surface area contributed by atoms with E-state index < -0.39 is 0 Å². The van der Waals surface area contributed by atoms with Crippen LogP contribution in [0.1, 0.15) is 13.8 Å². The van der Waals surface area contributed by atoms with Gasteiger partial charge in [-0.05, 0) is 18.6 Å². The van der Waals surface area contributed by atoms with Crippen molar-refractivity contribution in [3.05, 3.63) is 25.1 Å². The smallest absolute Gasteiger partial charge is 0.253 e. The van der Waals surface area contributed by atoms with E-state index in [1.54, 1.807) is 4.90 Å². The summed E-state index contributed by atoms with van der Waals surface area (Å²) in [4.78, 5) is 13.0. The highest BCUT2D eigenvalue weighted by Crippen LogP contribution is 2.24. The summed E-state index contributed by atoms with van der Waals surface area (Å²) < 4.78 is 5.23. The van der Waals surface area contributed by atoms with Crippen LogP contribution in [0.5, 0.6) is 0 Å². The molecule has 0 spiro atoms. The Bertz CT molecular complexity index is 245. The van der Waals surface area contributed by atoms with Gasteiger partial charge in [-0.15, -0.1) is 0 Å². The molecule has 3 nitrogen and oxygen atoms in total. The molecule has 1 aliphatic heterocycles. The molecule has 0 aliphatic carbocycles. The molecular formula is C10H15NO2. The van der Waals surface area contributed by atoms with E-state index in [2.05, 4.69) is 27.0 Å². The van der Waals surface area contributed by atoms with Gasteiger partial charge in [0.1, 0.15) is 6.61 Å². The highest BCUT2D eigenvalue weighted by molar-refractivity contribution is 5.88. The maximum atomic E-state index is 11.4. The minimum absolute atomic E-state index is 0.0954. The van der Waals surface area contributed by atoms with Crippen molar-refractivity contribution in [2.45, 2.75) is 19.9 Å². The highest BCUT2D eigenvalue weighted by Gasteiger charge is 2.34. The molecule has 0 aromatic heterocycles. The summed E-state index contributed by atoms with van der Waals surface area (Å²) in [7, 11) is 0. The van der Waals surface area contributed by atoms with Crippen LogP contribution in [0.15, 0.2) is 25.1 Å². The number of rotatable bonds is 2. The minimum Gasteiger partial charge on any atom is -0.477 e. The van der Waals surface area contributed by atoms with Crippen molar-refractivity contribution in [2.75, 3.05) is 6.61 Å². The lowest BCUT2D eigenvalue weighted by molar-refractivity contribution is -0.126. The van der Waals surface area contributed by atoms with Gasteiger partial charge in [-0.1, -0.05) is 20.4 Å². The summed E-state index contributed by atoms with van der Waals surface area (Å²) in [6.07, 6.45) is 1.29. The second kappa shape index (κ2) is 3.64. The predicted molar refractivity (Wildman–Crippen MR) is 50.8 cm³/mol. The molecule has 1 amide bonds. The minimum atomic E-state index is -0.138. The van der Waals surface area contributed by atoms with E-state index in [1.807, 2.05) is 0 Å². The van der Waals surface area contributed by atoms with Crippen LogP contribution in [0.3, 0.4) is 0 Å². The standard InChI is InChI=1S/C10H15NO2/c1-5-10(12)11-8(4)13-6-9(11)7(2)3/h5,7,9H,1,4,6H2,2-3H3. The van der Waals surface area contributed by atoms with Gasteiger partial charge >= 0.3 is 0 Å². The zero-order chi connectivity index (χ0) is 10.0. The van der Waals surface area contributed by atoms with Crippen molar-refractivity contribution < 1.29 is 9.53 Å². The lowest BCUT2D eigenvalue weighted by Crippen LogP contribution is -2.37. The molecule has 1 unspecified atom stereocenters. The largest absolute Gasteiger partial charge is 0.477 e. The van der Waals surface area contributed by atoms with Gasteiger partial charge < -0.3 is 4.74 Å².